The number of anilines is 2. The normalized spacial score (nSPS) is 11.0. The van der Waals surface area contributed by atoms with E-state index >= 15 is 0 Å². The molecule has 0 aromatic heterocycles. The van der Waals surface area contributed by atoms with Crippen molar-refractivity contribution in [1.82, 2.24) is 0 Å². The van der Waals surface area contributed by atoms with Gasteiger partial charge in [0.25, 0.3) is 20.0 Å². The van der Waals surface area contributed by atoms with Crippen LogP contribution in [0.15, 0.2) is 180 Å². The van der Waals surface area contributed by atoms with Crippen LogP contribution in [0.5, 0.6) is 23.0 Å². The van der Waals surface area contributed by atoms with E-state index in [-0.39, 0.29) is 47.3 Å². The molecule has 7 aromatic rings. The van der Waals surface area contributed by atoms with Crippen molar-refractivity contribution in [3.63, 3.8) is 0 Å². The zero-order chi connectivity index (χ0) is 44.0. The van der Waals surface area contributed by atoms with Crippen LogP contribution < -0.4 is 28.4 Å². The molecule has 0 amide bonds. The van der Waals surface area contributed by atoms with E-state index in [1.54, 1.807) is 109 Å². The molecule has 0 saturated carbocycles. The number of nitrogens with one attached hydrogen (secondary N) is 2. The summed E-state index contributed by atoms with van der Waals surface area (Å²) in [4.78, 5) is 22.0. The van der Waals surface area contributed by atoms with Gasteiger partial charge in [-0.25, -0.2) is 26.4 Å². The van der Waals surface area contributed by atoms with Crippen molar-refractivity contribution in [2.45, 2.75) is 9.79 Å². The van der Waals surface area contributed by atoms with E-state index in [2.05, 4.69) is 9.44 Å². The van der Waals surface area contributed by atoms with Crippen LogP contribution in [-0.2, 0) is 20.0 Å². The number of sulfonamides is 2. The molecule has 7 rings (SSSR count). The van der Waals surface area contributed by atoms with Crippen molar-refractivity contribution in [1.29, 1.82) is 0 Å². The lowest BCUT2D eigenvalue weighted by molar-refractivity contribution is 0.0686. The quantitative estimate of drug-likeness (QED) is 0.0600. The molecule has 62 heavy (non-hydrogen) atoms. The molecule has 0 spiro atoms. The SMILES string of the molecule is O=C(O)c1ccc(OCCOc2ccc(NS(=O)(=O)c3ccc4ccccc4c3)cc2)cc1.O=C(O)c1ccc(OCCOc2ccc(NS(=O)(=O)c3ccccc3)cc2)cc1. The molecular weight excluding hydrogens is 837 g/mol. The number of fused-ring (bicyclic) bond motifs is 1. The van der Waals surface area contributed by atoms with Crippen LogP contribution in [0.1, 0.15) is 20.7 Å². The summed E-state index contributed by atoms with van der Waals surface area (Å²) in [5.74, 6) is 0.236. The summed E-state index contributed by atoms with van der Waals surface area (Å²) in [5.41, 5.74) is 1.23. The molecule has 0 aliphatic carbocycles. The van der Waals surface area contributed by atoms with Crippen LogP contribution in [0.3, 0.4) is 0 Å². The third-order valence-electron chi connectivity index (χ3n) is 8.74. The number of hydrogen-bond acceptors (Lipinski definition) is 10. The van der Waals surface area contributed by atoms with Crippen LogP contribution in [0.4, 0.5) is 11.4 Å². The van der Waals surface area contributed by atoms with Crippen LogP contribution in [0, 0.1) is 0 Å². The third kappa shape index (κ3) is 12.7. The monoisotopic (exact) mass is 876 g/mol. The number of ether oxygens (including phenoxy) is 4. The summed E-state index contributed by atoms with van der Waals surface area (Å²) in [7, 11) is -7.36. The van der Waals surface area contributed by atoms with Gasteiger partial charge in [-0.2, -0.15) is 0 Å². The Kier molecular flexibility index (Phi) is 14.6. The summed E-state index contributed by atoms with van der Waals surface area (Å²) in [6, 6.07) is 46.0. The predicted octanol–water partition coefficient (Wildman–Crippen LogP) is 8.44. The number of carboxylic acid groups (broad SMARTS) is 2. The topological polar surface area (TPSA) is 204 Å². The fourth-order valence-corrected chi connectivity index (χ4v) is 7.80. The summed E-state index contributed by atoms with van der Waals surface area (Å²) < 4.78 is 77.4. The van der Waals surface area contributed by atoms with E-state index < -0.39 is 32.0 Å². The first kappa shape index (κ1) is 44.0. The first-order valence-electron chi connectivity index (χ1n) is 18.8. The van der Waals surface area contributed by atoms with Gasteiger partial charge in [0, 0.05) is 11.4 Å². The molecular formula is C46H40N2O12S2. The zero-order valence-electron chi connectivity index (χ0n) is 32.8. The fourth-order valence-electron chi connectivity index (χ4n) is 5.63. The van der Waals surface area contributed by atoms with Gasteiger partial charge in [0.05, 0.1) is 20.9 Å². The van der Waals surface area contributed by atoms with E-state index in [0.29, 0.717) is 34.4 Å². The Labute approximate surface area is 358 Å². The first-order valence-corrected chi connectivity index (χ1v) is 21.8. The molecule has 4 N–H and O–H groups in total. The van der Waals surface area contributed by atoms with Crippen molar-refractivity contribution < 1.29 is 55.6 Å². The molecule has 0 unspecified atom stereocenters. The average molecular weight is 877 g/mol. The number of aromatic carboxylic acids is 2. The number of benzene rings is 7. The summed E-state index contributed by atoms with van der Waals surface area (Å²) in [5, 5.41) is 19.6. The molecule has 7 aromatic carbocycles. The molecule has 0 atom stereocenters. The van der Waals surface area contributed by atoms with Gasteiger partial charge in [0.2, 0.25) is 0 Å². The lowest BCUT2D eigenvalue weighted by Gasteiger charge is -2.11. The average Bonchev–Trinajstić information content (AvgIpc) is 3.28. The predicted molar refractivity (Wildman–Crippen MR) is 234 cm³/mol. The number of rotatable bonds is 18. The van der Waals surface area contributed by atoms with Crippen molar-refractivity contribution in [3.8, 4) is 23.0 Å². The maximum Gasteiger partial charge on any atom is 0.335 e. The van der Waals surface area contributed by atoms with E-state index in [1.165, 1.54) is 36.4 Å². The molecule has 318 valence electrons. The Hall–Kier alpha value is -7.56. The highest BCUT2D eigenvalue weighted by Gasteiger charge is 2.16. The molecule has 0 aliphatic heterocycles. The molecule has 0 radical (unpaired) electrons. The van der Waals surface area contributed by atoms with Gasteiger partial charge in [-0.15, -0.1) is 0 Å². The highest BCUT2D eigenvalue weighted by atomic mass is 32.2. The Bertz CT molecular complexity index is 2800. The molecule has 14 nitrogen and oxygen atoms in total. The number of carbonyl (C=O) groups is 2. The van der Waals surface area contributed by atoms with E-state index in [4.69, 9.17) is 29.2 Å². The maximum absolute atomic E-state index is 12.7. The minimum Gasteiger partial charge on any atom is -0.490 e. The van der Waals surface area contributed by atoms with Crippen LogP contribution in [0.25, 0.3) is 10.8 Å². The Balaban J connectivity index is 0.000000209. The Morgan fingerprint density at radius 1 is 0.403 bits per heavy atom. The number of carboxylic acids is 2. The van der Waals surface area contributed by atoms with Gasteiger partial charge < -0.3 is 29.2 Å². The van der Waals surface area contributed by atoms with Crippen molar-refractivity contribution in [3.05, 3.63) is 181 Å². The van der Waals surface area contributed by atoms with Gasteiger partial charge in [-0.3, -0.25) is 9.44 Å². The second-order valence-corrected chi connectivity index (χ2v) is 16.5. The van der Waals surface area contributed by atoms with Crippen molar-refractivity contribution in [2.75, 3.05) is 35.9 Å². The second kappa shape index (κ2) is 20.6. The minimum atomic E-state index is -3.73. The molecule has 0 saturated heterocycles. The van der Waals surface area contributed by atoms with Crippen LogP contribution in [0.2, 0.25) is 0 Å². The van der Waals surface area contributed by atoms with Gasteiger partial charge in [0.15, 0.2) is 0 Å². The third-order valence-corrected chi connectivity index (χ3v) is 11.5. The zero-order valence-corrected chi connectivity index (χ0v) is 34.4. The summed E-state index contributed by atoms with van der Waals surface area (Å²) >= 11 is 0. The molecule has 0 heterocycles. The fraction of sp³-hybridized carbons (Fsp3) is 0.0870. The maximum atomic E-state index is 12.7. The molecule has 16 heteroatoms. The van der Waals surface area contributed by atoms with E-state index in [0.717, 1.165) is 10.8 Å². The van der Waals surface area contributed by atoms with E-state index in [1.807, 2.05) is 24.3 Å². The van der Waals surface area contributed by atoms with Gasteiger partial charge in [-0.05, 0) is 132 Å². The van der Waals surface area contributed by atoms with E-state index in [9.17, 15) is 26.4 Å². The highest BCUT2D eigenvalue weighted by molar-refractivity contribution is 7.93. The van der Waals surface area contributed by atoms with Crippen molar-refractivity contribution in [2.24, 2.45) is 0 Å². The lowest BCUT2D eigenvalue weighted by Crippen LogP contribution is -2.13. The molecule has 0 bridgehead atoms. The van der Waals surface area contributed by atoms with Crippen LogP contribution in [-0.4, -0.2) is 65.4 Å². The Morgan fingerprint density at radius 3 is 1.16 bits per heavy atom. The van der Waals surface area contributed by atoms with Gasteiger partial charge in [-0.1, -0.05) is 48.5 Å². The van der Waals surface area contributed by atoms with Crippen molar-refractivity contribution >= 4 is 54.1 Å². The van der Waals surface area contributed by atoms with Gasteiger partial charge >= 0.3 is 11.9 Å². The minimum absolute atomic E-state index is 0.189. The Morgan fingerprint density at radius 2 is 0.758 bits per heavy atom. The summed E-state index contributed by atoms with van der Waals surface area (Å²) in [6.45, 7) is 1.08. The van der Waals surface area contributed by atoms with Crippen LogP contribution >= 0.6 is 0 Å². The highest BCUT2D eigenvalue weighted by Crippen LogP contribution is 2.24. The molecule has 0 aliphatic rings. The lowest BCUT2D eigenvalue weighted by atomic mass is 10.1. The van der Waals surface area contributed by atoms with Gasteiger partial charge in [0.1, 0.15) is 49.4 Å². The summed E-state index contributed by atoms with van der Waals surface area (Å²) in [6.07, 6.45) is 0. The smallest absolute Gasteiger partial charge is 0.335 e. The first-order chi connectivity index (χ1) is 29.8. The second-order valence-electron chi connectivity index (χ2n) is 13.1. The molecule has 0 fully saturated rings. The largest absolute Gasteiger partial charge is 0.490 e. The number of hydrogen-bond donors (Lipinski definition) is 4. The standard InChI is InChI=1S/C25H21NO6S.C21H19NO6S/c27-25(28)19-5-10-22(11-6-19)31-15-16-32-23-12-8-21(9-13-23)26-33(29,30)24-14-7-18-3-1-2-4-20(18)17-24;23-21(24)16-6-10-18(11-7-16)27-14-15-28-19-12-8-17(9-13-19)22-29(25,26)20-4-2-1-3-5-20/h1-14,17,26H,15-16H2,(H,27,28);1-13,22H,14-15H2,(H,23,24).